The summed E-state index contributed by atoms with van der Waals surface area (Å²) in [7, 11) is 0. The molecule has 0 saturated heterocycles. The lowest BCUT2D eigenvalue weighted by Crippen LogP contribution is -2.62. The summed E-state index contributed by atoms with van der Waals surface area (Å²) in [5, 5.41) is 12.6. The molecule has 0 aromatic heterocycles. The second-order valence-corrected chi connectivity index (χ2v) is 9.63. The van der Waals surface area contributed by atoms with Crippen molar-refractivity contribution in [3.8, 4) is 0 Å². The lowest BCUT2D eigenvalue weighted by molar-refractivity contribution is -0.169. The Balaban J connectivity index is 1.75. The van der Waals surface area contributed by atoms with Crippen LogP contribution >= 0.6 is 11.8 Å². The molecule has 126 valence electrons. The van der Waals surface area contributed by atoms with Crippen LogP contribution in [-0.4, -0.2) is 28.0 Å². The number of hydrogen-bond donors (Lipinski definition) is 1. The van der Waals surface area contributed by atoms with E-state index in [9.17, 15) is 9.90 Å². The monoisotopic (exact) mass is 332 g/mol. The molecule has 3 fully saturated rings. The normalized spacial score (nSPS) is 51.7. The number of rotatable bonds is 1. The van der Waals surface area contributed by atoms with Crippen molar-refractivity contribution in [3.63, 3.8) is 0 Å². The van der Waals surface area contributed by atoms with Crippen molar-refractivity contribution >= 4 is 17.5 Å². The van der Waals surface area contributed by atoms with Gasteiger partial charge < -0.3 is 5.11 Å². The fourth-order valence-corrected chi connectivity index (χ4v) is 7.68. The molecule has 0 radical (unpaired) electrons. The van der Waals surface area contributed by atoms with Gasteiger partial charge in [-0.25, -0.2) is 0 Å². The van der Waals surface area contributed by atoms with Crippen LogP contribution in [0.4, 0.5) is 0 Å². The number of carbonyl (C=O) groups excluding carboxylic acids is 1. The van der Waals surface area contributed by atoms with Crippen molar-refractivity contribution in [1.82, 2.24) is 0 Å². The highest BCUT2D eigenvalue weighted by molar-refractivity contribution is 7.99. The Morgan fingerprint density at radius 2 is 1.96 bits per heavy atom. The maximum Gasteiger partial charge on any atom is 0.178 e. The zero-order valence-electron chi connectivity index (χ0n) is 14.5. The third kappa shape index (κ3) is 1.90. The third-order valence-electron chi connectivity index (χ3n) is 7.94. The summed E-state index contributed by atoms with van der Waals surface area (Å²) in [5.74, 6) is 1.09. The molecule has 0 bridgehead atoms. The van der Waals surface area contributed by atoms with Gasteiger partial charge in [-0.2, -0.15) is 11.8 Å². The van der Waals surface area contributed by atoms with Crippen molar-refractivity contribution in [2.24, 2.45) is 22.7 Å². The maximum atomic E-state index is 11.8. The number of fused-ring (bicyclic) bond motifs is 5. The molecule has 4 aliphatic rings. The average Bonchev–Trinajstić information content (AvgIpc) is 2.86. The van der Waals surface area contributed by atoms with E-state index in [4.69, 9.17) is 0 Å². The van der Waals surface area contributed by atoms with Gasteiger partial charge in [0.2, 0.25) is 0 Å². The van der Waals surface area contributed by atoms with Gasteiger partial charge in [0.1, 0.15) is 0 Å². The molecular formula is C20H28O2S. The van der Waals surface area contributed by atoms with Gasteiger partial charge in [0.25, 0.3) is 0 Å². The van der Waals surface area contributed by atoms with E-state index in [0.717, 1.165) is 36.5 Å². The fraction of sp³-hybridized carbons (Fsp3) is 0.750. The van der Waals surface area contributed by atoms with Crippen molar-refractivity contribution in [1.29, 1.82) is 0 Å². The SMILES string of the molecule is CSC1CC[C@H]2[C@@H]3CCC4=CC(=O)C=C[C@]4(C)C3(O)CC[C@]12C. The first-order chi connectivity index (χ1) is 10.8. The van der Waals surface area contributed by atoms with Crippen molar-refractivity contribution in [2.75, 3.05) is 6.26 Å². The minimum absolute atomic E-state index is 0.0866. The summed E-state index contributed by atoms with van der Waals surface area (Å²) in [4.78, 5) is 11.8. The van der Waals surface area contributed by atoms with Crippen LogP contribution in [0.5, 0.6) is 0 Å². The Bertz CT molecular complexity index is 609. The Hall–Kier alpha value is -0.540. The number of allylic oxidation sites excluding steroid dienone is 2. The topological polar surface area (TPSA) is 37.3 Å². The molecule has 0 spiro atoms. The van der Waals surface area contributed by atoms with Crippen LogP contribution in [0.2, 0.25) is 0 Å². The third-order valence-corrected chi connectivity index (χ3v) is 9.28. The summed E-state index contributed by atoms with van der Waals surface area (Å²) in [5.41, 5.74) is 0.517. The first-order valence-corrected chi connectivity index (χ1v) is 10.3. The van der Waals surface area contributed by atoms with Gasteiger partial charge in [0, 0.05) is 10.7 Å². The molecule has 23 heavy (non-hydrogen) atoms. The van der Waals surface area contributed by atoms with Crippen LogP contribution in [0.25, 0.3) is 0 Å². The first kappa shape index (κ1) is 16.0. The minimum Gasteiger partial charge on any atom is -0.388 e. The first-order valence-electron chi connectivity index (χ1n) is 9.04. The van der Waals surface area contributed by atoms with E-state index in [1.807, 2.05) is 17.8 Å². The molecule has 0 aromatic rings. The summed E-state index contributed by atoms with van der Waals surface area (Å²) in [6, 6.07) is 0. The molecule has 0 aliphatic heterocycles. The summed E-state index contributed by atoms with van der Waals surface area (Å²) in [6.45, 7) is 4.64. The Morgan fingerprint density at radius 1 is 1.17 bits per heavy atom. The highest BCUT2D eigenvalue weighted by atomic mass is 32.2. The van der Waals surface area contributed by atoms with Crippen molar-refractivity contribution in [2.45, 2.75) is 63.2 Å². The molecule has 1 N–H and O–H groups in total. The summed E-state index contributed by atoms with van der Waals surface area (Å²) < 4.78 is 0. The van der Waals surface area contributed by atoms with Crippen molar-refractivity contribution < 1.29 is 9.90 Å². The smallest absolute Gasteiger partial charge is 0.178 e. The van der Waals surface area contributed by atoms with Crippen LogP contribution in [0.1, 0.15) is 52.4 Å². The molecule has 2 unspecified atom stereocenters. The molecule has 3 saturated carbocycles. The van der Waals surface area contributed by atoms with Crippen LogP contribution in [0.3, 0.4) is 0 Å². The Kier molecular flexibility index (Phi) is 3.46. The predicted octanol–water partition coefficient (Wildman–Crippen LogP) is 4.14. The van der Waals surface area contributed by atoms with Crippen molar-refractivity contribution in [3.05, 3.63) is 23.8 Å². The maximum absolute atomic E-state index is 11.8. The molecular weight excluding hydrogens is 304 g/mol. The zero-order valence-corrected chi connectivity index (χ0v) is 15.3. The number of ketones is 1. The molecule has 0 amide bonds. The number of aliphatic hydroxyl groups is 1. The fourth-order valence-electron chi connectivity index (χ4n) is 6.48. The summed E-state index contributed by atoms with van der Waals surface area (Å²) in [6.07, 6.45) is 14.3. The van der Waals surface area contributed by atoms with E-state index in [1.54, 1.807) is 12.2 Å². The van der Waals surface area contributed by atoms with Gasteiger partial charge in [-0.15, -0.1) is 0 Å². The molecule has 2 nitrogen and oxygen atoms in total. The van der Waals surface area contributed by atoms with E-state index in [1.165, 1.54) is 12.8 Å². The van der Waals surface area contributed by atoms with Gasteiger partial charge >= 0.3 is 0 Å². The standard InChI is InChI=1S/C20H28O2S/c1-18-10-11-20(22)16(15(18)6-7-17(18)23-3)5-4-13-12-14(21)8-9-19(13,20)2/h8-9,12,15-17,22H,4-7,10-11H2,1-3H3/t15-,16-,17?,18-,19-,20?/m0/s1. The quantitative estimate of drug-likeness (QED) is 0.784. The number of hydrogen-bond acceptors (Lipinski definition) is 3. The molecule has 4 rings (SSSR count). The van der Waals surface area contributed by atoms with Crippen LogP contribution in [0, 0.1) is 22.7 Å². The van der Waals surface area contributed by atoms with E-state index in [0.29, 0.717) is 17.3 Å². The predicted molar refractivity (Wildman–Crippen MR) is 95.4 cm³/mol. The van der Waals surface area contributed by atoms with Crippen LogP contribution in [0.15, 0.2) is 23.8 Å². The highest BCUT2D eigenvalue weighted by Crippen LogP contribution is 2.67. The Morgan fingerprint density at radius 3 is 2.70 bits per heavy atom. The number of carbonyl (C=O) groups is 1. The van der Waals surface area contributed by atoms with Crippen LogP contribution in [-0.2, 0) is 4.79 Å². The average molecular weight is 333 g/mol. The second-order valence-electron chi connectivity index (χ2n) is 8.59. The van der Waals surface area contributed by atoms with Crippen LogP contribution < -0.4 is 0 Å². The molecule has 0 heterocycles. The minimum atomic E-state index is -0.675. The summed E-state index contributed by atoms with van der Waals surface area (Å²) >= 11 is 2.03. The highest BCUT2D eigenvalue weighted by Gasteiger charge is 2.65. The van der Waals surface area contributed by atoms with Gasteiger partial charge in [0.05, 0.1) is 5.60 Å². The lowest BCUT2D eigenvalue weighted by Gasteiger charge is -2.61. The zero-order chi connectivity index (χ0) is 16.5. The van der Waals surface area contributed by atoms with Gasteiger partial charge in [-0.3, -0.25) is 4.79 Å². The molecule has 3 heteroatoms. The van der Waals surface area contributed by atoms with Gasteiger partial charge in [-0.1, -0.05) is 18.6 Å². The number of thioether (sulfide) groups is 1. The largest absolute Gasteiger partial charge is 0.388 e. The lowest BCUT2D eigenvalue weighted by atomic mass is 9.46. The van der Waals surface area contributed by atoms with E-state index in [2.05, 4.69) is 20.1 Å². The van der Waals surface area contributed by atoms with E-state index < -0.39 is 5.60 Å². The second kappa shape index (κ2) is 4.98. The van der Waals surface area contributed by atoms with E-state index >= 15 is 0 Å². The van der Waals surface area contributed by atoms with Gasteiger partial charge in [-0.05, 0) is 81.1 Å². The van der Waals surface area contributed by atoms with Gasteiger partial charge in [0.15, 0.2) is 5.78 Å². The molecule has 6 atom stereocenters. The molecule has 0 aromatic carbocycles. The van der Waals surface area contributed by atoms with E-state index in [-0.39, 0.29) is 11.2 Å². The molecule has 4 aliphatic carbocycles. The Labute approximate surface area is 143 Å².